The highest BCUT2D eigenvalue weighted by Gasteiger charge is 2.21. The van der Waals surface area contributed by atoms with Crippen molar-refractivity contribution in [1.82, 2.24) is 14.8 Å². The minimum atomic E-state index is -0.831. The van der Waals surface area contributed by atoms with Gasteiger partial charge in [-0.3, -0.25) is 14.5 Å². The van der Waals surface area contributed by atoms with Gasteiger partial charge < -0.3 is 10.0 Å². The van der Waals surface area contributed by atoms with Crippen molar-refractivity contribution < 1.29 is 14.7 Å². The lowest BCUT2D eigenvalue weighted by molar-refractivity contribution is -0.138. The van der Waals surface area contributed by atoms with Crippen LogP contribution in [0.2, 0.25) is 0 Å². The molecule has 0 saturated carbocycles. The molecule has 2 heterocycles. The van der Waals surface area contributed by atoms with Gasteiger partial charge in [0.05, 0.1) is 6.54 Å². The van der Waals surface area contributed by atoms with Crippen LogP contribution in [0.25, 0.3) is 0 Å². The molecule has 1 saturated heterocycles. The van der Waals surface area contributed by atoms with Gasteiger partial charge >= 0.3 is 5.97 Å². The third kappa shape index (κ3) is 4.01. The number of hydrogen-bond acceptors (Lipinski definition) is 4. The molecule has 20 heavy (non-hydrogen) atoms. The molecule has 1 aliphatic heterocycles. The molecule has 0 unspecified atom stereocenters. The number of aromatic nitrogens is 1. The fourth-order valence-corrected chi connectivity index (χ4v) is 2.61. The Bertz CT molecular complexity index is 509. The van der Waals surface area contributed by atoms with Crippen LogP contribution in [-0.4, -0.2) is 64.5 Å². The highest BCUT2D eigenvalue weighted by molar-refractivity contribution is 9.10. The lowest BCUT2D eigenvalue weighted by atomic mass is 10.2. The normalized spacial score (nSPS) is 16.8. The number of nitrogens with zero attached hydrogens (tertiary/aromatic N) is 3. The van der Waals surface area contributed by atoms with Crippen LogP contribution >= 0.6 is 15.9 Å². The van der Waals surface area contributed by atoms with Gasteiger partial charge in [-0.1, -0.05) is 0 Å². The Balaban J connectivity index is 1.99. The van der Waals surface area contributed by atoms with E-state index in [0.29, 0.717) is 36.3 Å². The van der Waals surface area contributed by atoms with Crippen molar-refractivity contribution in [2.24, 2.45) is 0 Å². The van der Waals surface area contributed by atoms with E-state index in [1.807, 2.05) is 4.90 Å². The fourth-order valence-electron chi connectivity index (χ4n) is 2.24. The minimum Gasteiger partial charge on any atom is -0.480 e. The van der Waals surface area contributed by atoms with Crippen molar-refractivity contribution in [2.75, 3.05) is 32.7 Å². The largest absolute Gasteiger partial charge is 0.480 e. The molecule has 6 nitrogen and oxygen atoms in total. The van der Waals surface area contributed by atoms with Gasteiger partial charge in [0.2, 0.25) is 0 Å². The van der Waals surface area contributed by atoms with Crippen molar-refractivity contribution in [3.8, 4) is 0 Å². The number of carboxylic acids is 1. The van der Waals surface area contributed by atoms with Gasteiger partial charge in [0.1, 0.15) is 4.60 Å². The Hall–Kier alpha value is -1.47. The number of carbonyl (C=O) groups excluding carboxylic acids is 1. The van der Waals surface area contributed by atoms with Gasteiger partial charge in [0.15, 0.2) is 0 Å². The molecule has 1 amide bonds. The molecule has 108 valence electrons. The van der Waals surface area contributed by atoms with Gasteiger partial charge in [0.25, 0.3) is 5.91 Å². The van der Waals surface area contributed by atoms with Gasteiger partial charge in [-0.05, 0) is 34.5 Å². The van der Waals surface area contributed by atoms with Gasteiger partial charge in [0, 0.05) is 37.9 Å². The molecule has 1 aliphatic rings. The maximum atomic E-state index is 12.4. The number of halogens is 1. The average molecular weight is 342 g/mol. The molecule has 1 aromatic rings. The van der Waals surface area contributed by atoms with E-state index in [1.54, 1.807) is 23.2 Å². The summed E-state index contributed by atoms with van der Waals surface area (Å²) in [6.07, 6.45) is 2.37. The lowest BCUT2D eigenvalue weighted by Crippen LogP contribution is -2.36. The Morgan fingerprint density at radius 1 is 1.30 bits per heavy atom. The van der Waals surface area contributed by atoms with Crippen molar-refractivity contribution >= 4 is 27.8 Å². The molecule has 1 aromatic heterocycles. The Labute approximate surface area is 125 Å². The zero-order valence-corrected chi connectivity index (χ0v) is 12.5. The molecule has 0 spiro atoms. The second-order valence-corrected chi connectivity index (χ2v) is 5.50. The lowest BCUT2D eigenvalue weighted by Gasteiger charge is -2.21. The summed E-state index contributed by atoms with van der Waals surface area (Å²) in [5.74, 6) is -0.867. The summed E-state index contributed by atoms with van der Waals surface area (Å²) in [5, 5.41) is 8.81. The number of carboxylic acid groups (broad SMARTS) is 1. The van der Waals surface area contributed by atoms with E-state index in [1.165, 1.54) is 0 Å². The number of rotatable bonds is 3. The molecule has 0 aliphatic carbocycles. The van der Waals surface area contributed by atoms with Crippen molar-refractivity contribution in [3.05, 3.63) is 28.5 Å². The first-order valence-corrected chi connectivity index (χ1v) is 7.20. The van der Waals surface area contributed by atoms with Gasteiger partial charge in [-0.25, -0.2) is 4.98 Å². The monoisotopic (exact) mass is 341 g/mol. The number of aliphatic carboxylic acids is 1. The Morgan fingerprint density at radius 3 is 2.80 bits per heavy atom. The third-order valence-corrected chi connectivity index (χ3v) is 3.64. The van der Waals surface area contributed by atoms with Crippen LogP contribution in [0.1, 0.15) is 16.8 Å². The predicted octanol–water partition coefficient (Wildman–Crippen LogP) is 1.08. The second-order valence-electron chi connectivity index (χ2n) is 4.68. The van der Waals surface area contributed by atoms with E-state index in [2.05, 4.69) is 20.9 Å². The molecule has 1 fully saturated rings. The van der Waals surface area contributed by atoms with E-state index in [4.69, 9.17) is 5.11 Å². The van der Waals surface area contributed by atoms with E-state index in [-0.39, 0.29) is 12.5 Å². The maximum Gasteiger partial charge on any atom is 0.317 e. The number of pyridine rings is 1. The first-order valence-electron chi connectivity index (χ1n) is 6.41. The zero-order valence-electron chi connectivity index (χ0n) is 11.0. The summed E-state index contributed by atoms with van der Waals surface area (Å²) >= 11 is 3.25. The van der Waals surface area contributed by atoms with Crippen LogP contribution in [0.3, 0.4) is 0 Å². The van der Waals surface area contributed by atoms with Crippen LogP contribution in [-0.2, 0) is 4.79 Å². The SMILES string of the molecule is O=C(O)CN1CCCN(C(=O)c2ccnc(Br)c2)CC1. The summed E-state index contributed by atoms with van der Waals surface area (Å²) in [5.41, 5.74) is 0.596. The molecule has 1 N–H and O–H groups in total. The van der Waals surface area contributed by atoms with Gasteiger partial charge in [-0.2, -0.15) is 0 Å². The molecule has 0 atom stereocenters. The Morgan fingerprint density at radius 2 is 2.10 bits per heavy atom. The average Bonchev–Trinajstić information content (AvgIpc) is 2.63. The maximum absolute atomic E-state index is 12.4. The quantitative estimate of drug-likeness (QED) is 0.832. The topological polar surface area (TPSA) is 73.7 Å². The van der Waals surface area contributed by atoms with E-state index < -0.39 is 5.97 Å². The molecule has 7 heteroatoms. The van der Waals surface area contributed by atoms with Crippen LogP contribution in [0.15, 0.2) is 22.9 Å². The van der Waals surface area contributed by atoms with E-state index >= 15 is 0 Å². The van der Waals surface area contributed by atoms with Crippen molar-refractivity contribution in [3.63, 3.8) is 0 Å². The van der Waals surface area contributed by atoms with Crippen LogP contribution < -0.4 is 0 Å². The molecule has 0 aromatic carbocycles. The van der Waals surface area contributed by atoms with E-state index in [0.717, 1.165) is 6.42 Å². The minimum absolute atomic E-state index is 0.0306. The first-order chi connectivity index (χ1) is 9.56. The Kier molecular flexibility index (Phi) is 5.08. The summed E-state index contributed by atoms with van der Waals surface area (Å²) in [6, 6.07) is 3.38. The molecule has 2 rings (SSSR count). The summed E-state index contributed by atoms with van der Waals surface area (Å²) in [4.78, 5) is 30.7. The number of hydrogen-bond donors (Lipinski definition) is 1. The molecule has 0 radical (unpaired) electrons. The summed E-state index contributed by atoms with van der Waals surface area (Å²) < 4.78 is 0.630. The third-order valence-electron chi connectivity index (χ3n) is 3.21. The fraction of sp³-hybridized carbons (Fsp3) is 0.462. The number of amides is 1. The molecular formula is C13H16BrN3O3. The molecule has 0 bridgehead atoms. The zero-order chi connectivity index (χ0) is 14.5. The standard InChI is InChI=1S/C13H16BrN3O3/c14-11-8-10(2-3-15-11)13(20)17-5-1-4-16(6-7-17)9-12(18)19/h2-3,8H,1,4-7,9H2,(H,18,19). The second kappa shape index (κ2) is 6.81. The highest BCUT2D eigenvalue weighted by atomic mass is 79.9. The van der Waals surface area contributed by atoms with E-state index in [9.17, 15) is 9.59 Å². The van der Waals surface area contributed by atoms with Crippen LogP contribution in [0.4, 0.5) is 0 Å². The number of carbonyl (C=O) groups is 2. The predicted molar refractivity (Wildman–Crippen MR) is 76.5 cm³/mol. The highest BCUT2D eigenvalue weighted by Crippen LogP contribution is 2.12. The van der Waals surface area contributed by atoms with Gasteiger partial charge in [-0.15, -0.1) is 0 Å². The first kappa shape index (κ1) is 14.9. The van der Waals surface area contributed by atoms with Crippen molar-refractivity contribution in [1.29, 1.82) is 0 Å². The summed E-state index contributed by atoms with van der Waals surface area (Å²) in [7, 11) is 0. The van der Waals surface area contributed by atoms with Crippen molar-refractivity contribution in [2.45, 2.75) is 6.42 Å². The summed E-state index contributed by atoms with van der Waals surface area (Å²) in [6.45, 7) is 2.52. The molecular weight excluding hydrogens is 326 g/mol. The van der Waals surface area contributed by atoms with Crippen LogP contribution in [0.5, 0.6) is 0 Å². The van der Waals surface area contributed by atoms with Crippen LogP contribution in [0, 0.1) is 0 Å². The smallest absolute Gasteiger partial charge is 0.317 e.